The van der Waals surface area contributed by atoms with Crippen molar-refractivity contribution in [2.75, 3.05) is 20.4 Å². The van der Waals surface area contributed by atoms with Crippen molar-refractivity contribution in [2.24, 2.45) is 0 Å². The molecule has 48 valence electrons. The van der Waals surface area contributed by atoms with Crippen LogP contribution in [0.4, 0.5) is 0 Å². The first kappa shape index (κ1) is 6.51. The molecule has 1 fully saturated rings. The van der Waals surface area contributed by atoms with Crippen LogP contribution >= 0.6 is 7.92 Å². The van der Waals surface area contributed by atoms with Gasteiger partial charge >= 0.3 is 0 Å². The summed E-state index contributed by atoms with van der Waals surface area (Å²) in [6, 6.07) is 0. The van der Waals surface area contributed by atoms with E-state index in [1.165, 1.54) is 6.42 Å². The lowest BCUT2D eigenvalue weighted by atomic mass is 10.8. The maximum atomic E-state index is 5.15. The van der Waals surface area contributed by atoms with Crippen molar-refractivity contribution < 1.29 is 4.74 Å². The third-order valence-corrected chi connectivity index (χ3v) is 3.54. The molecular formula is C6H13OP. The van der Waals surface area contributed by atoms with Crippen LogP contribution in [0.15, 0.2) is 0 Å². The van der Waals surface area contributed by atoms with E-state index < -0.39 is 0 Å². The Morgan fingerprint density at radius 1 is 1.50 bits per heavy atom. The minimum Gasteiger partial charge on any atom is -0.381 e. The van der Waals surface area contributed by atoms with Crippen molar-refractivity contribution in [3.05, 3.63) is 0 Å². The Hall–Kier alpha value is 0.390. The maximum Gasteiger partial charge on any atom is 0.0646 e. The highest BCUT2D eigenvalue weighted by Gasteiger charge is 2.39. The first-order valence-electron chi connectivity index (χ1n) is 2.95. The fourth-order valence-electron chi connectivity index (χ4n) is 0.956. The second-order valence-corrected chi connectivity index (χ2v) is 5.13. The van der Waals surface area contributed by atoms with Gasteiger partial charge in [-0.2, -0.15) is 0 Å². The van der Waals surface area contributed by atoms with Crippen molar-refractivity contribution in [3.8, 4) is 0 Å². The zero-order chi connectivity index (χ0) is 6.15. The van der Waals surface area contributed by atoms with E-state index >= 15 is 0 Å². The lowest BCUT2D eigenvalue weighted by Crippen LogP contribution is -1.92. The second kappa shape index (κ2) is 2.33. The average molecular weight is 132 g/mol. The van der Waals surface area contributed by atoms with E-state index in [0.717, 1.165) is 5.66 Å². The summed E-state index contributed by atoms with van der Waals surface area (Å²) < 4.78 is 5.15. The third kappa shape index (κ3) is 1.21. The largest absolute Gasteiger partial charge is 0.381 e. The molecule has 0 spiro atoms. The molecule has 0 radical (unpaired) electrons. The van der Waals surface area contributed by atoms with Gasteiger partial charge in [-0.25, -0.2) is 0 Å². The van der Waals surface area contributed by atoms with Crippen molar-refractivity contribution in [2.45, 2.75) is 18.2 Å². The highest BCUT2D eigenvalue weighted by molar-refractivity contribution is 7.57. The number of methoxy groups -OCH3 is 1. The Bertz CT molecular complexity index is 82.6. The van der Waals surface area contributed by atoms with E-state index in [0.29, 0.717) is 6.10 Å². The molecule has 2 unspecified atom stereocenters. The predicted octanol–water partition coefficient (Wildman–Crippen LogP) is 1.52. The fraction of sp³-hybridized carbons (Fsp3) is 1.00. The zero-order valence-electron chi connectivity index (χ0n) is 5.72. The normalized spacial score (nSPS) is 36.0. The summed E-state index contributed by atoms with van der Waals surface area (Å²) in [5, 5.41) is 0. The van der Waals surface area contributed by atoms with Crippen molar-refractivity contribution in [3.63, 3.8) is 0 Å². The standard InChI is InChI=1S/C6H13OP/c1-7-5-4-6(5)8(2)3/h5-6H,4H2,1-3H3. The van der Waals surface area contributed by atoms with Gasteiger partial charge in [0.1, 0.15) is 0 Å². The van der Waals surface area contributed by atoms with Gasteiger partial charge in [0.25, 0.3) is 0 Å². The summed E-state index contributed by atoms with van der Waals surface area (Å²) in [7, 11) is 2.09. The smallest absolute Gasteiger partial charge is 0.0646 e. The zero-order valence-corrected chi connectivity index (χ0v) is 6.61. The van der Waals surface area contributed by atoms with Crippen LogP contribution in [0.5, 0.6) is 0 Å². The first-order valence-corrected chi connectivity index (χ1v) is 5.25. The molecule has 0 heterocycles. The average Bonchev–Trinajstić information content (AvgIpc) is 2.42. The van der Waals surface area contributed by atoms with Crippen LogP contribution in [0.25, 0.3) is 0 Å². The van der Waals surface area contributed by atoms with Gasteiger partial charge in [0.05, 0.1) is 6.10 Å². The maximum absolute atomic E-state index is 5.15. The SMILES string of the molecule is COC1CC1P(C)C. The van der Waals surface area contributed by atoms with Gasteiger partial charge in [-0.3, -0.25) is 0 Å². The van der Waals surface area contributed by atoms with E-state index in [4.69, 9.17) is 4.74 Å². The molecule has 0 aromatic rings. The molecule has 2 heteroatoms. The van der Waals surface area contributed by atoms with Gasteiger partial charge in [-0.15, -0.1) is 7.92 Å². The minimum absolute atomic E-state index is 0.282. The van der Waals surface area contributed by atoms with Crippen LogP contribution in [-0.4, -0.2) is 32.2 Å². The Balaban J connectivity index is 2.16. The molecular weight excluding hydrogens is 119 g/mol. The van der Waals surface area contributed by atoms with Gasteiger partial charge in [0, 0.05) is 12.8 Å². The summed E-state index contributed by atoms with van der Waals surface area (Å²) in [6.45, 7) is 4.64. The molecule has 0 saturated heterocycles. The number of hydrogen-bond acceptors (Lipinski definition) is 1. The van der Waals surface area contributed by atoms with Crippen molar-refractivity contribution in [1.29, 1.82) is 0 Å². The Labute approximate surface area is 52.2 Å². The van der Waals surface area contributed by atoms with E-state index in [9.17, 15) is 0 Å². The van der Waals surface area contributed by atoms with Crippen LogP contribution in [0.2, 0.25) is 0 Å². The quantitative estimate of drug-likeness (QED) is 0.517. The molecule has 1 aliphatic rings. The second-order valence-electron chi connectivity index (χ2n) is 2.54. The highest BCUT2D eigenvalue weighted by atomic mass is 31.1. The molecule has 1 rings (SSSR count). The van der Waals surface area contributed by atoms with Gasteiger partial charge < -0.3 is 4.74 Å². The van der Waals surface area contributed by atoms with Crippen LogP contribution in [0.1, 0.15) is 6.42 Å². The van der Waals surface area contributed by atoms with E-state index in [1.54, 1.807) is 0 Å². The minimum atomic E-state index is 0.282. The molecule has 0 aromatic heterocycles. The molecule has 2 atom stereocenters. The topological polar surface area (TPSA) is 9.23 Å². The Morgan fingerprint density at radius 2 is 2.12 bits per heavy atom. The van der Waals surface area contributed by atoms with Gasteiger partial charge in [0.15, 0.2) is 0 Å². The number of rotatable bonds is 2. The Kier molecular flexibility index (Phi) is 1.89. The summed E-state index contributed by atoms with van der Waals surface area (Å²) >= 11 is 0. The van der Waals surface area contributed by atoms with E-state index in [1.807, 2.05) is 7.11 Å². The Morgan fingerprint density at radius 3 is 2.25 bits per heavy atom. The summed E-state index contributed by atoms with van der Waals surface area (Å²) in [5.41, 5.74) is 0.926. The summed E-state index contributed by atoms with van der Waals surface area (Å²) in [5.74, 6) is 0. The highest BCUT2D eigenvalue weighted by Crippen LogP contribution is 2.49. The molecule has 1 nitrogen and oxygen atoms in total. The molecule has 1 aliphatic carbocycles. The summed E-state index contributed by atoms with van der Waals surface area (Å²) in [4.78, 5) is 0. The van der Waals surface area contributed by atoms with Crippen LogP contribution in [0, 0.1) is 0 Å². The van der Waals surface area contributed by atoms with Gasteiger partial charge in [-0.05, 0) is 19.8 Å². The molecule has 1 saturated carbocycles. The monoisotopic (exact) mass is 132 g/mol. The molecule has 0 aliphatic heterocycles. The lowest BCUT2D eigenvalue weighted by molar-refractivity contribution is 0.184. The van der Waals surface area contributed by atoms with E-state index in [-0.39, 0.29) is 7.92 Å². The third-order valence-electron chi connectivity index (χ3n) is 1.67. The van der Waals surface area contributed by atoms with Crippen LogP contribution in [0.3, 0.4) is 0 Å². The summed E-state index contributed by atoms with van der Waals surface area (Å²) in [6.07, 6.45) is 1.94. The van der Waals surface area contributed by atoms with Crippen LogP contribution < -0.4 is 0 Å². The molecule has 8 heavy (non-hydrogen) atoms. The number of hydrogen-bond donors (Lipinski definition) is 0. The van der Waals surface area contributed by atoms with Gasteiger partial charge in [-0.1, -0.05) is 0 Å². The predicted molar refractivity (Wildman–Crippen MR) is 38.0 cm³/mol. The molecule has 0 N–H and O–H groups in total. The van der Waals surface area contributed by atoms with Crippen molar-refractivity contribution >= 4 is 7.92 Å². The number of ether oxygens (including phenoxy) is 1. The molecule has 0 aromatic carbocycles. The van der Waals surface area contributed by atoms with Gasteiger partial charge in [0.2, 0.25) is 0 Å². The van der Waals surface area contributed by atoms with Crippen molar-refractivity contribution in [1.82, 2.24) is 0 Å². The lowest BCUT2D eigenvalue weighted by Gasteiger charge is -2.00. The molecule has 0 amide bonds. The first-order chi connectivity index (χ1) is 3.75. The van der Waals surface area contributed by atoms with E-state index in [2.05, 4.69) is 13.3 Å². The van der Waals surface area contributed by atoms with Crippen LogP contribution in [-0.2, 0) is 4.74 Å². The molecule has 0 bridgehead atoms. The fourth-order valence-corrected chi connectivity index (χ4v) is 2.37.